The summed E-state index contributed by atoms with van der Waals surface area (Å²) in [7, 11) is 0. The Kier molecular flexibility index (Phi) is 4.94. The summed E-state index contributed by atoms with van der Waals surface area (Å²) in [5, 5.41) is 13.2. The number of piperidine rings is 1. The zero-order valence-corrected chi connectivity index (χ0v) is 13.0. The second-order valence-corrected chi connectivity index (χ2v) is 5.56. The fourth-order valence-electron chi connectivity index (χ4n) is 2.60. The quantitative estimate of drug-likeness (QED) is 0.841. The van der Waals surface area contributed by atoms with Crippen LogP contribution in [0.15, 0.2) is 12.1 Å². The van der Waals surface area contributed by atoms with E-state index in [1.54, 1.807) is 11.0 Å². The molecule has 0 aliphatic carbocycles. The van der Waals surface area contributed by atoms with Crippen LogP contribution in [0.2, 0.25) is 0 Å². The first-order valence-electron chi connectivity index (χ1n) is 7.49. The number of hydrogen-bond acceptors (Lipinski definition) is 4. The summed E-state index contributed by atoms with van der Waals surface area (Å²) >= 11 is 0. The molecule has 1 aliphatic heterocycles. The van der Waals surface area contributed by atoms with Crippen molar-refractivity contribution >= 4 is 11.8 Å². The zero-order chi connectivity index (χ0) is 15.4. The number of phenols is 1. The number of likely N-dealkylation sites (tertiary alicyclic amines) is 1. The van der Waals surface area contributed by atoms with E-state index < -0.39 is 0 Å². The molecule has 1 fully saturated rings. The van der Waals surface area contributed by atoms with Gasteiger partial charge in [-0.05, 0) is 56.9 Å². The molecule has 21 heavy (non-hydrogen) atoms. The molecule has 5 heteroatoms. The van der Waals surface area contributed by atoms with Crippen LogP contribution >= 0.6 is 0 Å². The number of nitrogens with one attached hydrogen (secondary N) is 1. The molecule has 0 unspecified atom stereocenters. The SMILES string of the molecule is CCOC(=O)N1CCC(Nc2cc(C)c(O)cc2C)CC1. The molecule has 5 nitrogen and oxygen atoms in total. The van der Waals surface area contributed by atoms with Crippen LogP contribution in [0.4, 0.5) is 10.5 Å². The Morgan fingerprint density at radius 1 is 1.33 bits per heavy atom. The molecule has 0 aromatic heterocycles. The first-order chi connectivity index (χ1) is 10.0. The number of nitrogens with zero attached hydrogens (tertiary/aromatic N) is 1. The highest BCUT2D eigenvalue weighted by Crippen LogP contribution is 2.27. The topological polar surface area (TPSA) is 61.8 Å². The van der Waals surface area contributed by atoms with E-state index in [2.05, 4.69) is 5.32 Å². The number of phenolic OH excluding ortho intramolecular Hbond substituents is 1. The Bertz CT molecular complexity index is 508. The fraction of sp³-hybridized carbons (Fsp3) is 0.562. The Morgan fingerprint density at radius 3 is 2.62 bits per heavy atom. The van der Waals surface area contributed by atoms with Crippen LogP contribution in [0.25, 0.3) is 0 Å². The monoisotopic (exact) mass is 292 g/mol. The smallest absolute Gasteiger partial charge is 0.409 e. The van der Waals surface area contributed by atoms with Crippen LogP contribution in [0.3, 0.4) is 0 Å². The molecule has 0 atom stereocenters. The van der Waals surface area contributed by atoms with Crippen molar-refractivity contribution in [3.8, 4) is 5.75 Å². The predicted octanol–water partition coefficient (Wildman–Crippen LogP) is 3.04. The van der Waals surface area contributed by atoms with Crippen LogP contribution in [0, 0.1) is 13.8 Å². The molecule has 0 saturated carbocycles. The van der Waals surface area contributed by atoms with E-state index in [9.17, 15) is 9.90 Å². The van der Waals surface area contributed by atoms with Gasteiger partial charge in [-0.1, -0.05) is 0 Å². The van der Waals surface area contributed by atoms with Gasteiger partial charge in [-0.3, -0.25) is 0 Å². The van der Waals surface area contributed by atoms with Crippen molar-refractivity contribution in [3.05, 3.63) is 23.3 Å². The van der Waals surface area contributed by atoms with E-state index in [4.69, 9.17) is 4.74 Å². The summed E-state index contributed by atoms with van der Waals surface area (Å²) in [5.41, 5.74) is 2.96. The maximum Gasteiger partial charge on any atom is 0.409 e. The second kappa shape index (κ2) is 6.70. The Hall–Kier alpha value is -1.91. The average Bonchev–Trinajstić information content (AvgIpc) is 2.46. The van der Waals surface area contributed by atoms with Gasteiger partial charge in [-0.2, -0.15) is 0 Å². The average molecular weight is 292 g/mol. The van der Waals surface area contributed by atoms with E-state index in [1.807, 2.05) is 26.8 Å². The third-order valence-corrected chi connectivity index (χ3v) is 3.92. The van der Waals surface area contributed by atoms with Crippen molar-refractivity contribution < 1.29 is 14.6 Å². The summed E-state index contributed by atoms with van der Waals surface area (Å²) < 4.78 is 5.02. The van der Waals surface area contributed by atoms with Crippen molar-refractivity contribution in [2.75, 3.05) is 25.0 Å². The Labute approximate surface area is 125 Å². The van der Waals surface area contributed by atoms with Gasteiger partial charge in [0.25, 0.3) is 0 Å². The number of anilines is 1. The van der Waals surface area contributed by atoms with E-state index in [1.165, 1.54) is 0 Å². The molecular formula is C16H24N2O3. The summed E-state index contributed by atoms with van der Waals surface area (Å²) in [5.74, 6) is 0.329. The molecule has 116 valence electrons. The molecule has 0 radical (unpaired) electrons. The molecule has 2 rings (SSSR count). The van der Waals surface area contributed by atoms with Crippen LogP contribution in [0.5, 0.6) is 5.75 Å². The number of ether oxygens (including phenoxy) is 1. The highest BCUT2D eigenvalue weighted by Gasteiger charge is 2.23. The molecule has 0 spiro atoms. The molecule has 1 aliphatic rings. The fourth-order valence-corrected chi connectivity index (χ4v) is 2.60. The van der Waals surface area contributed by atoms with Crippen molar-refractivity contribution in [3.63, 3.8) is 0 Å². The lowest BCUT2D eigenvalue weighted by Gasteiger charge is -2.32. The molecule has 1 heterocycles. The summed E-state index contributed by atoms with van der Waals surface area (Å²) in [6.45, 7) is 7.54. The van der Waals surface area contributed by atoms with Crippen molar-refractivity contribution in [1.82, 2.24) is 4.90 Å². The van der Waals surface area contributed by atoms with Crippen molar-refractivity contribution in [2.45, 2.75) is 39.7 Å². The number of carbonyl (C=O) groups excluding carboxylic acids is 1. The molecule has 1 aromatic rings. The van der Waals surface area contributed by atoms with Gasteiger partial charge in [-0.25, -0.2) is 4.79 Å². The number of rotatable bonds is 3. The van der Waals surface area contributed by atoms with E-state index in [0.29, 0.717) is 31.5 Å². The minimum absolute atomic E-state index is 0.215. The highest BCUT2D eigenvalue weighted by atomic mass is 16.6. The highest BCUT2D eigenvalue weighted by molar-refractivity contribution is 5.67. The zero-order valence-electron chi connectivity index (χ0n) is 13.0. The molecular weight excluding hydrogens is 268 g/mol. The van der Waals surface area contributed by atoms with Gasteiger partial charge in [0.1, 0.15) is 5.75 Å². The first kappa shape index (κ1) is 15.5. The Morgan fingerprint density at radius 2 is 2.00 bits per heavy atom. The van der Waals surface area contributed by atoms with Gasteiger partial charge in [0.15, 0.2) is 0 Å². The lowest BCUT2D eigenvalue weighted by Crippen LogP contribution is -2.42. The van der Waals surface area contributed by atoms with Gasteiger partial charge < -0.3 is 20.1 Å². The lowest BCUT2D eigenvalue weighted by molar-refractivity contribution is 0.0983. The minimum atomic E-state index is -0.215. The van der Waals surface area contributed by atoms with Gasteiger partial charge in [-0.15, -0.1) is 0 Å². The van der Waals surface area contributed by atoms with E-state index in [-0.39, 0.29) is 6.09 Å². The first-order valence-corrected chi connectivity index (χ1v) is 7.49. The van der Waals surface area contributed by atoms with Gasteiger partial charge in [0, 0.05) is 24.8 Å². The number of aryl methyl sites for hydroxylation is 2. The van der Waals surface area contributed by atoms with E-state index >= 15 is 0 Å². The number of aromatic hydroxyl groups is 1. The summed E-state index contributed by atoms with van der Waals surface area (Å²) in [4.78, 5) is 13.4. The van der Waals surface area contributed by atoms with Crippen molar-refractivity contribution in [2.24, 2.45) is 0 Å². The van der Waals surface area contributed by atoms with Crippen LogP contribution in [-0.4, -0.2) is 41.8 Å². The maximum absolute atomic E-state index is 11.7. The minimum Gasteiger partial charge on any atom is -0.508 e. The van der Waals surface area contributed by atoms with Gasteiger partial charge in [0.05, 0.1) is 6.61 Å². The molecule has 0 bridgehead atoms. The van der Waals surface area contributed by atoms with Gasteiger partial charge >= 0.3 is 6.09 Å². The molecule has 1 saturated heterocycles. The summed E-state index contributed by atoms with van der Waals surface area (Å²) in [6, 6.07) is 4.10. The third kappa shape index (κ3) is 3.80. The van der Waals surface area contributed by atoms with Gasteiger partial charge in [0.2, 0.25) is 0 Å². The number of amides is 1. The maximum atomic E-state index is 11.7. The summed E-state index contributed by atoms with van der Waals surface area (Å²) in [6.07, 6.45) is 1.59. The van der Waals surface area contributed by atoms with Crippen LogP contribution < -0.4 is 5.32 Å². The largest absolute Gasteiger partial charge is 0.508 e. The third-order valence-electron chi connectivity index (χ3n) is 3.92. The lowest BCUT2D eigenvalue weighted by atomic mass is 10.0. The Balaban J connectivity index is 1.92. The normalized spacial score (nSPS) is 15.9. The molecule has 2 N–H and O–H groups in total. The van der Waals surface area contributed by atoms with E-state index in [0.717, 1.165) is 29.7 Å². The predicted molar refractivity (Wildman–Crippen MR) is 82.8 cm³/mol. The number of hydrogen-bond donors (Lipinski definition) is 2. The standard InChI is InChI=1S/C16H24N2O3/c1-4-21-16(20)18-7-5-13(6-8-18)17-14-9-12(3)15(19)10-11(14)2/h9-10,13,17,19H,4-8H2,1-3H3. The molecule has 1 amide bonds. The molecule has 1 aromatic carbocycles. The van der Waals surface area contributed by atoms with Crippen LogP contribution in [-0.2, 0) is 4.74 Å². The van der Waals surface area contributed by atoms with Crippen molar-refractivity contribution in [1.29, 1.82) is 0 Å². The number of benzene rings is 1. The van der Waals surface area contributed by atoms with Crippen LogP contribution in [0.1, 0.15) is 30.9 Å². The number of carbonyl (C=O) groups is 1. The second-order valence-electron chi connectivity index (χ2n) is 5.56.